The van der Waals surface area contributed by atoms with E-state index in [-0.39, 0.29) is 11.2 Å². The van der Waals surface area contributed by atoms with E-state index in [1.165, 1.54) is 7.11 Å². The highest BCUT2D eigenvalue weighted by molar-refractivity contribution is 8.29. The zero-order valence-electron chi connectivity index (χ0n) is 9.37. The summed E-state index contributed by atoms with van der Waals surface area (Å²) in [6.45, 7) is 3.93. The largest absolute Gasteiger partial charge is 0.469 e. The monoisotopic (exact) mass is 220 g/mol. The van der Waals surface area contributed by atoms with Crippen molar-refractivity contribution in [2.45, 2.75) is 38.4 Å². The standard InChI is InChI=1S/C10H20O3S/c1-5-6-10(12)14(4)8(2)7-9(11)13-3/h8,14H,5-7H2,1-4H3. The van der Waals surface area contributed by atoms with Crippen LogP contribution in [0.4, 0.5) is 0 Å². The minimum atomic E-state index is -0.687. The number of carbonyl (C=O) groups excluding carboxylic acids is 2. The van der Waals surface area contributed by atoms with Crippen LogP contribution in [0.3, 0.4) is 0 Å². The maximum atomic E-state index is 11.5. The van der Waals surface area contributed by atoms with Crippen molar-refractivity contribution in [2.24, 2.45) is 0 Å². The molecule has 0 aromatic rings. The fraction of sp³-hybridized carbons (Fsp3) is 0.800. The van der Waals surface area contributed by atoms with Crippen molar-refractivity contribution in [3.05, 3.63) is 0 Å². The summed E-state index contributed by atoms with van der Waals surface area (Å²) in [6, 6.07) is 0. The first-order valence-electron chi connectivity index (χ1n) is 4.85. The lowest BCUT2D eigenvalue weighted by Crippen LogP contribution is -2.15. The third kappa shape index (κ3) is 4.65. The smallest absolute Gasteiger partial charge is 0.306 e. The number of hydrogen-bond donors (Lipinski definition) is 1. The van der Waals surface area contributed by atoms with Crippen molar-refractivity contribution in [1.82, 2.24) is 0 Å². The van der Waals surface area contributed by atoms with Gasteiger partial charge >= 0.3 is 5.97 Å². The highest BCUT2D eigenvalue weighted by Crippen LogP contribution is 2.32. The molecule has 0 aromatic heterocycles. The first-order valence-corrected chi connectivity index (χ1v) is 6.71. The molecule has 0 spiro atoms. The van der Waals surface area contributed by atoms with Crippen LogP contribution in [0.2, 0.25) is 0 Å². The highest BCUT2D eigenvalue weighted by Gasteiger charge is 2.18. The van der Waals surface area contributed by atoms with Gasteiger partial charge in [-0.25, -0.2) is 0 Å². The van der Waals surface area contributed by atoms with Crippen LogP contribution in [0.25, 0.3) is 0 Å². The third-order valence-electron chi connectivity index (χ3n) is 2.21. The number of ether oxygens (including phenoxy) is 1. The molecule has 0 fully saturated rings. The molecule has 0 saturated carbocycles. The summed E-state index contributed by atoms with van der Waals surface area (Å²) in [7, 11) is 0.689. The lowest BCUT2D eigenvalue weighted by Gasteiger charge is -2.21. The highest BCUT2D eigenvalue weighted by atomic mass is 32.2. The van der Waals surface area contributed by atoms with Gasteiger partial charge in [0.15, 0.2) is 5.12 Å². The second kappa shape index (κ2) is 6.87. The van der Waals surface area contributed by atoms with Crippen LogP contribution in [-0.2, 0) is 14.3 Å². The summed E-state index contributed by atoms with van der Waals surface area (Å²) in [5.74, 6) is -0.226. The van der Waals surface area contributed by atoms with Crippen molar-refractivity contribution in [1.29, 1.82) is 0 Å². The Labute approximate surface area is 88.6 Å². The van der Waals surface area contributed by atoms with Gasteiger partial charge < -0.3 is 4.74 Å². The van der Waals surface area contributed by atoms with E-state index in [0.29, 0.717) is 18.0 Å². The minimum Gasteiger partial charge on any atom is -0.469 e. The maximum absolute atomic E-state index is 11.5. The molecule has 0 amide bonds. The molecule has 3 nitrogen and oxygen atoms in total. The molecular weight excluding hydrogens is 200 g/mol. The normalized spacial score (nSPS) is 15.9. The molecular formula is C10H20O3S. The maximum Gasteiger partial charge on any atom is 0.306 e. The van der Waals surface area contributed by atoms with Crippen molar-refractivity contribution >= 4 is 22.0 Å². The lowest BCUT2D eigenvalue weighted by molar-refractivity contribution is -0.140. The number of esters is 1. The number of rotatable bonds is 5. The van der Waals surface area contributed by atoms with Gasteiger partial charge in [0.25, 0.3) is 0 Å². The molecule has 4 heteroatoms. The molecule has 0 aliphatic heterocycles. The quantitative estimate of drug-likeness (QED) is 0.568. The third-order valence-corrected chi connectivity index (χ3v) is 4.72. The predicted molar refractivity (Wildman–Crippen MR) is 60.9 cm³/mol. The second-order valence-corrected chi connectivity index (χ2v) is 5.99. The van der Waals surface area contributed by atoms with Crippen LogP contribution < -0.4 is 0 Å². The average molecular weight is 220 g/mol. The molecule has 0 N–H and O–H groups in total. The molecule has 0 saturated heterocycles. The predicted octanol–water partition coefficient (Wildman–Crippen LogP) is 1.90. The van der Waals surface area contributed by atoms with E-state index in [1.54, 1.807) is 0 Å². The average Bonchev–Trinajstić information content (AvgIpc) is 2.16. The first kappa shape index (κ1) is 13.5. The fourth-order valence-electron chi connectivity index (χ4n) is 1.10. The van der Waals surface area contributed by atoms with Gasteiger partial charge in [-0.05, 0) is 12.7 Å². The molecule has 2 atom stereocenters. The molecule has 0 aromatic carbocycles. The Morgan fingerprint density at radius 3 is 2.43 bits per heavy atom. The second-order valence-electron chi connectivity index (χ2n) is 3.38. The van der Waals surface area contributed by atoms with Crippen molar-refractivity contribution in [3.63, 3.8) is 0 Å². The van der Waals surface area contributed by atoms with E-state index in [1.807, 2.05) is 20.1 Å². The van der Waals surface area contributed by atoms with E-state index < -0.39 is 10.9 Å². The Hall–Kier alpha value is -0.510. The fourth-order valence-corrected chi connectivity index (χ4v) is 2.59. The van der Waals surface area contributed by atoms with Gasteiger partial charge in [-0.15, -0.1) is 0 Å². The number of carbonyl (C=O) groups is 2. The van der Waals surface area contributed by atoms with Crippen LogP contribution in [0.15, 0.2) is 0 Å². The Morgan fingerprint density at radius 2 is 2.00 bits per heavy atom. The van der Waals surface area contributed by atoms with Gasteiger partial charge in [-0.2, -0.15) is 10.9 Å². The van der Waals surface area contributed by atoms with Gasteiger partial charge in [0.05, 0.1) is 13.5 Å². The SMILES string of the molecule is CCCC(=O)[SH](C)C(C)CC(=O)OC. The Morgan fingerprint density at radius 1 is 1.43 bits per heavy atom. The molecule has 14 heavy (non-hydrogen) atoms. The van der Waals surface area contributed by atoms with Crippen molar-refractivity contribution in [2.75, 3.05) is 13.4 Å². The first-order chi connectivity index (χ1) is 6.52. The summed E-state index contributed by atoms with van der Waals surface area (Å²) in [6.07, 6.45) is 3.82. The number of methoxy groups -OCH3 is 1. The van der Waals surface area contributed by atoms with Gasteiger partial charge in [0.2, 0.25) is 0 Å². The van der Waals surface area contributed by atoms with E-state index in [4.69, 9.17) is 0 Å². The topological polar surface area (TPSA) is 43.4 Å². The molecule has 0 aliphatic carbocycles. The van der Waals surface area contributed by atoms with Crippen LogP contribution in [-0.4, -0.2) is 29.7 Å². The van der Waals surface area contributed by atoms with Crippen LogP contribution >= 0.6 is 10.9 Å². The van der Waals surface area contributed by atoms with Gasteiger partial charge in [-0.3, -0.25) is 9.59 Å². The van der Waals surface area contributed by atoms with E-state index >= 15 is 0 Å². The van der Waals surface area contributed by atoms with Crippen LogP contribution in [0, 0.1) is 0 Å². The molecule has 0 heterocycles. The number of hydrogen-bond acceptors (Lipinski definition) is 3. The summed E-state index contributed by atoms with van der Waals surface area (Å²) in [5.41, 5.74) is 0. The van der Waals surface area contributed by atoms with Gasteiger partial charge in [-0.1, -0.05) is 13.8 Å². The van der Waals surface area contributed by atoms with Gasteiger partial charge in [0, 0.05) is 11.7 Å². The van der Waals surface area contributed by atoms with Crippen LogP contribution in [0.1, 0.15) is 33.1 Å². The van der Waals surface area contributed by atoms with E-state index in [9.17, 15) is 9.59 Å². The van der Waals surface area contributed by atoms with E-state index in [2.05, 4.69) is 4.74 Å². The molecule has 0 aliphatic rings. The Kier molecular flexibility index (Phi) is 6.62. The molecule has 2 unspecified atom stereocenters. The minimum absolute atomic E-state index is 0.136. The summed E-state index contributed by atoms with van der Waals surface area (Å²) in [5, 5.41) is 0.440. The zero-order chi connectivity index (χ0) is 11.1. The summed E-state index contributed by atoms with van der Waals surface area (Å²) in [4.78, 5) is 22.5. The molecule has 0 radical (unpaired) electrons. The number of thiol groups is 1. The Balaban J connectivity index is 4.04. The molecule has 0 rings (SSSR count). The lowest BCUT2D eigenvalue weighted by atomic mass is 10.3. The zero-order valence-corrected chi connectivity index (χ0v) is 10.3. The summed E-state index contributed by atoms with van der Waals surface area (Å²) >= 11 is 0. The van der Waals surface area contributed by atoms with Crippen molar-refractivity contribution < 1.29 is 14.3 Å². The van der Waals surface area contributed by atoms with E-state index in [0.717, 1.165) is 6.42 Å². The van der Waals surface area contributed by atoms with Crippen molar-refractivity contribution in [3.8, 4) is 0 Å². The molecule has 0 bridgehead atoms. The Bertz CT molecular complexity index is 204. The van der Waals surface area contributed by atoms with Gasteiger partial charge in [0.1, 0.15) is 0 Å². The molecule has 84 valence electrons. The summed E-state index contributed by atoms with van der Waals surface area (Å²) < 4.78 is 4.57. The van der Waals surface area contributed by atoms with Crippen LogP contribution in [0.5, 0.6) is 0 Å².